The van der Waals surface area contributed by atoms with Gasteiger partial charge >= 0.3 is 0 Å². The van der Waals surface area contributed by atoms with Gasteiger partial charge in [-0.05, 0) is 155 Å². The average molecular weight is 951 g/mol. The van der Waals surface area contributed by atoms with Crippen molar-refractivity contribution in [3.05, 3.63) is 287 Å². The smallest absolute Gasteiger partial charge is 0.179 e. The maximum absolute atomic E-state index is 2.38. The highest BCUT2D eigenvalue weighted by atomic mass is 28.3. The third-order valence-electron chi connectivity index (χ3n) is 13.9. The third kappa shape index (κ3) is 10.5. The summed E-state index contributed by atoms with van der Waals surface area (Å²) in [5.41, 5.74) is 18.9. The number of aryl methyl sites for hydroxylation is 9. The molecule has 0 aliphatic rings. The first-order chi connectivity index (χ1) is 34.9. The summed E-state index contributed by atoms with van der Waals surface area (Å²) in [6.07, 6.45) is 0. The molecule has 0 saturated carbocycles. The molecule has 72 heavy (non-hydrogen) atoms. The minimum Gasteiger partial charge on any atom is -0.311 e. The van der Waals surface area contributed by atoms with Crippen LogP contribution in [0.5, 0.6) is 0 Å². The minimum atomic E-state index is -2.37. The highest BCUT2D eigenvalue weighted by molar-refractivity contribution is 7.19. The molecule has 0 bridgehead atoms. The molecule has 10 aromatic carbocycles. The molecule has 11 aromatic rings. The fraction of sp³-hybridized carbons (Fsp3) is 0.130. The van der Waals surface area contributed by atoms with Gasteiger partial charge in [0.05, 0.1) is 11.0 Å². The van der Waals surface area contributed by atoms with E-state index in [1.165, 1.54) is 115 Å². The first-order valence-electron chi connectivity index (χ1n) is 25.2. The van der Waals surface area contributed by atoms with Crippen LogP contribution in [0.15, 0.2) is 237 Å². The maximum atomic E-state index is 2.38. The van der Waals surface area contributed by atoms with Crippen LogP contribution in [-0.2, 0) is 0 Å². The van der Waals surface area contributed by atoms with Crippen LogP contribution in [0.1, 0.15) is 50.1 Å². The second kappa shape index (κ2) is 21.6. The molecular formula is C69H66N2Si. The van der Waals surface area contributed by atoms with Crippen molar-refractivity contribution in [2.24, 2.45) is 0 Å². The lowest BCUT2D eigenvalue weighted by atomic mass is 10.1. The molecular weight excluding hydrogens is 885 g/mol. The number of rotatable bonds is 8. The van der Waals surface area contributed by atoms with E-state index in [-0.39, 0.29) is 0 Å². The van der Waals surface area contributed by atoms with E-state index >= 15 is 0 Å². The Labute approximate surface area is 429 Å². The van der Waals surface area contributed by atoms with Gasteiger partial charge < -0.3 is 9.47 Å². The van der Waals surface area contributed by atoms with Gasteiger partial charge in [0.15, 0.2) is 8.07 Å². The molecule has 0 spiro atoms. The first-order valence-corrected chi connectivity index (χ1v) is 27.2. The van der Waals surface area contributed by atoms with E-state index < -0.39 is 8.07 Å². The van der Waals surface area contributed by atoms with Crippen LogP contribution in [0.2, 0.25) is 0 Å². The summed E-state index contributed by atoms with van der Waals surface area (Å²) in [6.45, 7) is 19.3. The summed E-state index contributed by atoms with van der Waals surface area (Å²) >= 11 is 0. The van der Waals surface area contributed by atoms with Crippen molar-refractivity contribution in [3.8, 4) is 5.69 Å². The highest BCUT2D eigenvalue weighted by Crippen LogP contribution is 2.35. The molecule has 0 atom stereocenters. The summed E-state index contributed by atoms with van der Waals surface area (Å²) in [7, 11) is -2.37. The van der Waals surface area contributed by atoms with Crippen LogP contribution < -0.4 is 25.6 Å². The van der Waals surface area contributed by atoms with Crippen LogP contribution in [0.3, 0.4) is 0 Å². The molecule has 0 fully saturated rings. The Hall–Kier alpha value is -7.98. The topological polar surface area (TPSA) is 8.17 Å². The van der Waals surface area contributed by atoms with Crippen molar-refractivity contribution >= 4 is 67.7 Å². The zero-order chi connectivity index (χ0) is 50.4. The predicted octanol–water partition coefficient (Wildman–Crippen LogP) is 15.8. The van der Waals surface area contributed by atoms with Gasteiger partial charge in [0, 0.05) is 33.5 Å². The zero-order valence-corrected chi connectivity index (χ0v) is 44.4. The standard InChI is InChI=1S/C27H26Si.C21H19N.C21H21N/c1-21-9-15-25(16-10-21)28(24-7-5-4-6-8-24,26-17-11-22(2)12-18-26)27-19-13-23(3)14-20-27;1-14-4-8-17(9-5-14)22-20-12-15(2)6-10-18(20)19-11-7-16(3)13-21(19)22;1-16-4-10-19(11-5-16)22(20-12-6-17(2)7-13-20)21-14-8-18(3)9-15-21/h4-20H,1-3H3;4-13H,1-3H3;4-15H,1-3H3. The van der Waals surface area contributed by atoms with E-state index in [1.54, 1.807) is 0 Å². The summed E-state index contributed by atoms with van der Waals surface area (Å²) in [6, 6.07) is 86.9. The Morgan fingerprint density at radius 3 is 0.847 bits per heavy atom. The van der Waals surface area contributed by atoms with Gasteiger partial charge in [-0.25, -0.2) is 0 Å². The van der Waals surface area contributed by atoms with E-state index in [1.807, 2.05) is 0 Å². The Morgan fingerprint density at radius 1 is 0.264 bits per heavy atom. The van der Waals surface area contributed by atoms with Gasteiger partial charge in [-0.15, -0.1) is 0 Å². The monoisotopic (exact) mass is 950 g/mol. The molecule has 0 amide bonds. The number of fused-ring (bicyclic) bond motifs is 3. The third-order valence-corrected chi connectivity index (χ3v) is 18.7. The van der Waals surface area contributed by atoms with Crippen molar-refractivity contribution < 1.29 is 0 Å². The number of benzene rings is 10. The van der Waals surface area contributed by atoms with Gasteiger partial charge in [-0.3, -0.25) is 0 Å². The van der Waals surface area contributed by atoms with Crippen LogP contribution in [-0.4, -0.2) is 12.6 Å². The van der Waals surface area contributed by atoms with E-state index in [2.05, 4.69) is 308 Å². The zero-order valence-electron chi connectivity index (χ0n) is 43.4. The fourth-order valence-corrected chi connectivity index (χ4v) is 14.5. The SMILES string of the molecule is Cc1ccc(-n2c3cc(C)ccc3c3ccc(C)cc32)cc1.Cc1ccc(N(c2ccc(C)cc2)c2ccc(C)cc2)cc1.Cc1ccc([Si](c2ccccc2)(c2ccc(C)cc2)c2ccc(C)cc2)cc1. The molecule has 1 aromatic heterocycles. The van der Waals surface area contributed by atoms with Crippen LogP contribution in [0.4, 0.5) is 17.1 Å². The lowest BCUT2D eigenvalue weighted by Crippen LogP contribution is -2.74. The maximum Gasteiger partial charge on any atom is 0.179 e. The summed E-state index contributed by atoms with van der Waals surface area (Å²) < 4.78 is 2.38. The van der Waals surface area contributed by atoms with Gasteiger partial charge in [0.25, 0.3) is 0 Å². The molecule has 1 heterocycles. The van der Waals surface area contributed by atoms with Gasteiger partial charge in [-0.1, -0.05) is 215 Å². The molecule has 0 N–H and O–H groups in total. The van der Waals surface area contributed by atoms with Crippen molar-refractivity contribution in [1.82, 2.24) is 4.57 Å². The van der Waals surface area contributed by atoms with Gasteiger partial charge in [0.2, 0.25) is 0 Å². The van der Waals surface area contributed by atoms with Crippen LogP contribution >= 0.6 is 0 Å². The molecule has 11 rings (SSSR count). The average Bonchev–Trinajstić information content (AvgIpc) is 3.70. The molecule has 0 unspecified atom stereocenters. The predicted molar refractivity (Wildman–Crippen MR) is 315 cm³/mol. The number of nitrogens with zero attached hydrogens (tertiary/aromatic N) is 2. The first kappa shape index (κ1) is 49.0. The second-order valence-electron chi connectivity index (χ2n) is 19.8. The molecule has 2 nitrogen and oxygen atoms in total. The molecule has 0 aliphatic heterocycles. The molecule has 0 aliphatic carbocycles. The number of hydrogen-bond acceptors (Lipinski definition) is 1. The summed E-state index contributed by atoms with van der Waals surface area (Å²) in [5.74, 6) is 0. The largest absolute Gasteiger partial charge is 0.311 e. The molecule has 0 saturated heterocycles. The summed E-state index contributed by atoms with van der Waals surface area (Å²) in [4.78, 5) is 2.29. The fourth-order valence-electron chi connectivity index (χ4n) is 9.84. The van der Waals surface area contributed by atoms with Crippen molar-refractivity contribution in [2.45, 2.75) is 62.3 Å². The van der Waals surface area contributed by atoms with Crippen molar-refractivity contribution in [2.75, 3.05) is 4.90 Å². The van der Waals surface area contributed by atoms with Crippen LogP contribution in [0.25, 0.3) is 27.5 Å². The lowest BCUT2D eigenvalue weighted by Gasteiger charge is -2.34. The Kier molecular flexibility index (Phi) is 14.7. The lowest BCUT2D eigenvalue weighted by molar-refractivity contribution is 1.17. The number of hydrogen-bond donors (Lipinski definition) is 0. The Balaban J connectivity index is 0.000000135. The van der Waals surface area contributed by atoms with Gasteiger partial charge in [0.1, 0.15) is 0 Å². The van der Waals surface area contributed by atoms with E-state index in [0.29, 0.717) is 0 Å². The number of aromatic nitrogens is 1. The van der Waals surface area contributed by atoms with Crippen molar-refractivity contribution in [3.63, 3.8) is 0 Å². The van der Waals surface area contributed by atoms with E-state index in [4.69, 9.17) is 0 Å². The quantitative estimate of drug-likeness (QED) is 0.109. The summed E-state index contributed by atoms with van der Waals surface area (Å²) in [5, 5.41) is 8.35. The molecule has 3 heteroatoms. The second-order valence-corrected chi connectivity index (χ2v) is 23.6. The normalized spacial score (nSPS) is 11.1. The van der Waals surface area contributed by atoms with Gasteiger partial charge in [-0.2, -0.15) is 0 Å². The molecule has 0 radical (unpaired) electrons. The number of anilines is 3. The Morgan fingerprint density at radius 2 is 0.528 bits per heavy atom. The highest BCUT2D eigenvalue weighted by Gasteiger charge is 2.41. The van der Waals surface area contributed by atoms with E-state index in [0.717, 1.165) is 0 Å². The Bertz CT molecular complexity index is 3260. The van der Waals surface area contributed by atoms with E-state index in [9.17, 15) is 0 Å². The minimum absolute atomic E-state index is 1.18. The van der Waals surface area contributed by atoms with Crippen molar-refractivity contribution in [1.29, 1.82) is 0 Å². The molecule has 356 valence electrons. The van der Waals surface area contributed by atoms with Crippen LogP contribution in [0, 0.1) is 62.3 Å².